The summed E-state index contributed by atoms with van der Waals surface area (Å²) in [5.41, 5.74) is 3.57. The summed E-state index contributed by atoms with van der Waals surface area (Å²) in [6, 6.07) is 6.39. The number of aromatic nitrogens is 2. The van der Waals surface area contributed by atoms with Crippen LogP contribution in [0.3, 0.4) is 0 Å². The van der Waals surface area contributed by atoms with E-state index in [1.54, 1.807) is 0 Å². The number of hydrogen-bond donors (Lipinski definition) is 0. The van der Waals surface area contributed by atoms with Crippen molar-refractivity contribution < 1.29 is 0 Å². The number of benzene rings is 1. The third-order valence-corrected chi connectivity index (χ3v) is 5.97. The van der Waals surface area contributed by atoms with Gasteiger partial charge in [-0.2, -0.15) is 11.8 Å². The summed E-state index contributed by atoms with van der Waals surface area (Å²) in [7, 11) is 0. The van der Waals surface area contributed by atoms with Gasteiger partial charge in [-0.1, -0.05) is 18.6 Å². The highest BCUT2D eigenvalue weighted by molar-refractivity contribution is 8.00. The van der Waals surface area contributed by atoms with Gasteiger partial charge in [0.05, 0.1) is 16.9 Å². The number of hydrogen-bond acceptors (Lipinski definition) is 2. The van der Waals surface area contributed by atoms with E-state index in [2.05, 4.69) is 35.9 Å². The molecule has 4 heteroatoms. The van der Waals surface area contributed by atoms with Gasteiger partial charge in [-0.15, -0.1) is 11.6 Å². The first-order chi connectivity index (χ1) is 9.19. The number of nitrogens with zero attached hydrogens (tertiary/aromatic N) is 2. The topological polar surface area (TPSA) is 17.8 Å². The smallest absolute Gasteiger partial charge is 0.124 e. The molecule has 1 aromatic heterocycles. The molecule has 19 heavy (non-hydrogen) atoms. The average Bonchev–Trinajstić information content (AvgIpc) is 2.73. The SMILES string of the molecule is CSC1(Cn2c(CCl)nc3c(C)cccc32)CCC1. The van der Waals surface area contributed by atoms with Crippen molar-refractivity contribution in [3.63, 3.8) is 0 Å². The van der Waals surface area contributed by atoms with Crippen molar-refractivity contribution in [3.8, 4) is 0 Å². The zero-order valence-corrected chi connectivity index (χ0v) is 13.0. The van der Waals surface area contributed by atoms with Crippen LogP contribution < -0.4 is 0 Å². The Kier molecular flexibility index (Phi) is 3.52. The molecule has 1 aliphatic rings. The quantitative estimate of drug-likeness (QED) is 0.779. The van der Waals surface area contributed by atoms with E-state index >= 15 is 0 Å². The lowest BCUT2D eigenvalue weighted by Crippen LogP contribution is -2.38. The van der Waals surface area contributed by atoms with Crippen LogP contribution in [0.5, 0.6) is 0 Å². The summed E-state index contributed by atoms with van der Waals surface area (Å²) >= 11 is 8.10. The molecule has 0 unspecified atom stereocenters. The molecule has 102 valence electrons. The second kappa shape index (κ2) is 5.02. The molecule has 0 bridgehead atoms. The molecule has 0 aliphatic heterocycles. The summed E-state index contributed by atoms with van der Waals surface area (Å²) in [5, 5.41) is 0. The maximum atomic E-state index is 6.10. The van der Waals surface area contributed by atoms with E-state index in [4.69, 9.17) is 16.6 Å². The molecule has 2 aromatic rings. The predicted octanol–water partition coefficient (Wildman–Crippen LogP) is 4.37. The normalized spacial score (nSPS) is 17.6. The van der Waals surface area contributed by atoms with Crippen molar-refractivity contribution in [2.24, 2.45) is 0 Å². The van der Waals surface area contributed by atoms with Gasteiger partial charge in [0.1, 0.15) is 5.82 Å². The predicted molar refractivity (Wildman–Crippen MR) is 84.1 cm³/mol. The van der Waals surface area contributed by atoms with E-state index in [-0.39, 0.29) is 0 Å². The van der Waals surface area contributed by atoms with Gasteiger partial charge in [-0.05, 0) is 37.7 Å². The zero-order chi connectivity index (χ0) is 13.5. The summed E-state index contributed by atoms with van der Waals surface area (Å²) in [6.07, 6.45) is 6.19. The van der Waals surface area contributed by atoms with E-state index in [1.807, 2.05) is 11.8 Å². The van der Waals surface area contributed by atoms with Crippen LogP contribution >= 0.6 is 23.4 Å². The van der Waals surface area contributed by atoms with Crippen molar-refractivity contribution in [2.75, 3.05) is 6.26 Å². The standard InChI is InChI=1S/C15H19ClN2S/c1-11-5-3-6-12-14(11)17-13(9-16)18(12)10-15(19-2)7-4-8-15/h3,5-6H,4,7-10H2,1-2H3. The molecule has 2 nitrogen and oxygen atoms in total. The van der Waals surface area contributed by atoms with Crippen LogP contribution in [-0.2, 0) is 12.4 Å². The van der Waals surface area contributed by atoms with E-state index in [0.717, 1.165) is 17.9 Å². The van der Waals surface area contributed by atoms with E-state index in [9.17, 15) is 0 Å². The van der Waals surface area contributed by atoms with Gasteiger partial charge >= 0.3 is 0 Å². The van der Waals surface area contributed by atoms with Crippen LogP contribution in [0.4, 0.5) is 0 Å². The minimum absolute atomic E-state index is 0.401. The van der Waals surface area contributed by atoms with E-state index in [1.165, 1.54) is 30.3 Å². The molecule has 1 aromatic carbocycles. The second-order valence-electron chi connectivity index (χ2n) is 5.43. The first-order valence-corrected chi connectivity index (χ1v) is 8.51. The fourth-order valence-corrected chi connectivity index (χ4v) is 4.06. The fourth-order valence-electron chi connectivity index (χ4n) is 2.90. The minimum Gasteiger partial charge on any atom is -0.326 e. The van der Waals surface area contributed by atoms with Crippen LogP contribution in [0, 0.1) is 6.92 Å². The number of fused-ring (bicyclic) bond motifs is 1. The molecule has 1 saturated carbocycles. The van der Waals surface area contributed by atoms with Crippen LogP contribution in [0.1, 0.15) is 30.7 Å². The number of alkyl halides is 1. The Bertz CT molecular complexity index is 596. The summed E-state index contributed by atoms with van der Waals surface area (Å²) in [6.45, 7) is 3.15. The lowest BCUT2D eigenvalue weighted by molar-refractivity contribution is 0.322. The van der Waals surface area contributed by atoms with Crippen molar-refractivity contribution in [3.05, 3.63) is 29.6 Å². The third kappa shape index (κ3) is 2.17. The Morgan fingerprint density at radius 3 is 2.79 bits per heavy atom. The molecule has 0 saturated heterocycles. The lowest BCUT2D eigenvalue weighted by Gasteiger charge is -2.41. The molecule has 0 N–H and O–H groups in total. The molecular weight excluding hydrogens is 276 g/mol. The Balaban J connectivity index is 2.08. The van der Waals surface area contributed by atoms with Gasteiger partial charge in [0.25, 0.3) is 0 Å². The van der Waals surface area contributed by atoms with Crippen LogP contribution in [0.2, 0.25) is 0 Å². The van der Waals surface area contributed by atoms with E-state index < -0.39 is 0 Å². The first-order valence-electron chi connectivity index (χ1n) is 6.75. The highest BCUT2D eigenvalue weighted by Gasteiger charge is 2.37. The summed E-state index contributed by atoms with van der Waals surface area (Å²) in [4.78, 5) is 4.73. The zero-order valence-electron chi connectivity index (χ0n) is 11.4. The average molecular weight is 295 g/mol. The summed E-state index contributed by atoms with van der Waals surface area (Å²) in [5.74, 6) is 1.49. The number of rotatable bonds is 4. The van der Waals surface area contributed by atoms with Crippen molar-refractivity contribution >= 4 is 34.4 Å². The Morgan fingerprint density at radius 1 is 1.42 bits per heavy atom. The highest BCUT2D eigenvalue weighted by Crippen LogP contribution is 2.44. The Morgan fingerprint density at radius 2 is 2.21 bits per heavy atom. The van der Waals surface area contributed by atoms with Gasteiger partial charge in [-0.25, -0.2) is 4.98 Å². The molecule has 1 aliphatic carbocycles. The van der Waals surface area contributed by atoms with Crippen LogP contribution in [-0.4, -0.2) is 20.6 Å². The van der Waals surface area contributed by atoms with Crippen molar-refractivity contribution in [2.45, 2.75) is 43.4 Å². The third-order valence-electron chi connectivity index (χ3n) is 4.32. The number of para-hydroxylation sites is 1. The first kappa shape index (κ1) is 13.3. The molecule has 3 rings (SSSR count). The Labute approximate surface area is 123 Å². The van der Waals surface area contributed by atoms with Gasteiger partial charge in [0.15, 0.2) is 0 Å². The second-order valence-corrected chi connectivity index (χ2v) is 6.97. The number of halogens is 1. The molecule has 0 amide bonds. The number of thioether (sulfide) groups is 1. The Hall–Kier alpha value is -0.670. The maximum Gasteiger partial charge on any atom is 0.124 e. The van der Waals surface area contributed by atoms with Gasteiger partial charge in [-0.3, -0.25) is 0 Å². The number of imidazole rings is 1. The monoisotopic (exact) mass is 294 g/mol. The lowest BCUT2D eigenvalue weighted by atomic mass is 9.84. The van der Waals surface area contributed by atoms with Crippen molar-refractivity contribution in [1.82, 2.24) is 9.55 Å². The molecule has 1 fully saturated rings. The van der Waals surface area contributed by atoms with Crippen molar-refractivity contribution in [1.29, 1.82) is 0 Å². The summed E-state index contributed by atoms with van der Waals surface area (Å²) < 4.78 is 2.74. The van der Waals surface area contributed by atoms with Crippen LogP contribution in [0.25, 0.3) is 11.0 Å². The van der Waals surface area contributed by atoms with Gasteiger partial charge in [0.2, 0.25) is 0 Å². The molecular formula is C15H19ClN2S. The van der Waals surface area contributed by atoms with E-state index in [0.29, 0.717) is 10.6 Å². The molecule has 1 heterocycles. The molecule has 0 atom stereocenters. The number of aryl methyl sites for hydroxylation is 1. The van der Waals surface area contributed by atoms with Crippen LogP contribution in [0.15, 0.2) is 18.2 Å². The molecule has 0 radical (unpaired) electrons. The fraction of sp³-hybridized carbons (Fsp3) is 0.533. The molecule has 0 spiro atoms. The highest BCUT2D eigenvalue weighted by atomic mass is 35.5. The maximum absolute atomic E-state index is 6.10. The van der Waals surface area contributed by atoms with Gasteiger partial charge < -0.3 is 4.57 Å². The minimum atomic E-state index is 0.401. The largest absolute Gasteiger partial charge is 0.326 e. The van der Waals surface area contributed by atoms with Gasteiger partial charge in [0, 0.05) is 11.3 Å².